The van der Waals surface area contributed by atoms with Crippen molar-refractivity contribution in [3.05, 3.63) is 36.2 Å². The van der Waals surface area contributed by atoms with Crippen LogP contribution in [0.15, 0.2) is 30.6 Å². The average Bonchev–Trinajstić information content (AvgIpc) is 3.21. The zero-order chi connectivity index (χ0) is 18.4. The molecule has 138 valence electrons. The maximum atomic E-state index is 12.6. The molecule has 26 heavy (non-hydrogen) atoms. The molecule has 1 aliphatic heterocycles. The Hall–Kier alpha value is -2.81. The molecule has 1 aromatic heterocycles. The third-order valence-corrected chi connectivity index (χ3v) is 4.49. The topological polar surface area (TPSA) is 119 Å². The fourth-order valence-corrected chi connectivity index (χ4v) is 3.09. The molecule has 0 bridgehead atoms. The summed E-state index contributed by atoms with van der Waals surface area (Å²) in [7, 11) is 0. The summed E-state index contributed by atoms with van der Waals surface area (Å²) in [6.07, 6.45) is 3.47. The summed E-state index contributed by atoms with van der Waals surface area (Å²) in [5.41, 5.74) is 7.17. The maximum absolute atomic E-state index is 12.6. The molecule has 1 saturated heterocycles. The third-order valence-electron chi connectivity index (χ3n) is 4.49. The summed E-state index contributed by atoms with van der Waals surface area (Å²) < 4.78 is 1.56. The first-order valence-electron chi connectivity index (χ1n) is 8.75. The van der Waals surface area contributed by atoms with Crippen molar-refractivity contribution >= 4 is 11.8 Å². The van der Waals surface area contributed by atoms with Gasteiger partial charge in [0.1, 0.15) is 6.33 Å². The standard InChI is InChI=1S/C17H23N7O2/c18-7-8-19-17(26)14-2-1-9-23(11-14)16(25)10-13-3-5-15(6-4-13)24-12-20-21-22-24/h3-6,12,14H,1-2,7-11,18H2,(H,19,26). The highest BCUT2D eigenvalue weighted by atomic mass is 16.2. The van der Waals surface area contributed by atoms with Crippen LogP contribution in [-0.2, 0) is 16.0 Å². The van der Waals surface area contributed by atoms with E-state index in [0.717, 1.165) is 24.1 Å². The van der Waals surface area contributed by atoms with Crippen molar-refractivity contribution < 1.29 is 9.59 Å². The molecule has 1 aromatic carbocycles. The Morgan fingerprint density at radius 2 is 2.08 bits per heavy atom. The monoisotopic (exact) mass is 357 g/mol. The molecule has 9 heteroatoms. The summed E-state index contributed by atoms with van der Waals surface area (Å²) in [5, 5.41) is 13.8. The number of nitrogens with two attached hydrogens (primary N) is 1. The SMILES string of the molecule is NCCNC(=O)C1CCCN(C(=O)Cc2ccc(-n3cnnn3)cc2)C1. The van der Waals surface area contributed by atoms with E-state index >= 15 is 0 Å². The Morgan fingerprint density at radius 1 is 1.27 bits per heavy atom. The Kier molecular flexibility index (Phi) is 5.90. The molecule has 1 atom stereocenters. The molecule has 0 aliphatic carbocycles. The highest BCUT2D eigenvalue weighted by Crippen LogP contribution is 2.18. The van der Waals surface area contributed by atoms with Crippen molar-refractivity contribution in [2.75, 3.05) is 26.2 Å². The summed E-state index contributed by atoms with van der Waals surface area (Å²) in [6.45, 7) is 2.05. The minimum atomic E-state index is -0.151. The number of nitrogens with zero attached hydrogens (tertiary/aromatic N) is 5. The second-order valence-corrected chi connectivity index (χ2v) is 6.36. The van der Waals surface area contributed by atoms with E-state index in [-0.39, 0.29) is 17.7 Å². The molecule has 0 spiro atoms. The molecule has 2 aromatic rings. The van der Waals surface area contributed by atoms with Crippen molar-refractivity contribution in [2.45, 2.75) is 19.3 Å². The maximum Gasteiger partial charge on any atom is 0.227 e. The Morgan fingerprint density at radius 3 is 2.77 bits per heavy atom. The predicted molar refractivity (Wildman–Crippen MR) is 94.2 cm³/mol. The normalized spacial score (nSPS) is 17.1. The predicted octanol–water partition coefficient (Wildman–Crippen LogP) is -0.482. The number of likely N-dealkylation sites (tertiary alicyclic amines) is 1. The highest BCUT2D eigenvalue weighted by Gasteiger charge is 2.28. The van der Waals surface area contributed by atoms with Gasteiger partial charge >= 0.3 is 0 Å². The fourth-order valence-electron chi connectivity index (χ4n) is 3.09. The Labute approximate surface area is 151 Å². The minimum absolute atomic E-state index is 0.0151. The number of tetrazole rings is 1. The van der Waals surface area contributed by atoms with Crippen LogP contribution in [0.1, 0.15) is 18.4 Å². The van der Waals surface area contributed by atoms with E-state index in [4.69, 9.17) is 5.73 Å². The number of carbonyl (C=O) groups excluding carboxylic acids is 2. The summed E-state index contributed by atoms with van der Waals surface area (Å²) in [6, 6.07) is 7.53. The van der Waals surface area contributed by atoms with E-state index in [1.165, 1.54) is 6.33 Å². The first-order valence-corrected chi connectivity index (χ1v) is 8.75. The van der Waals surface area contributed by atoms with Crippen molar-refractivity contribution in [1.29, 1.82) is 0 Å². The fraction of sp³-hybridized carbons (Fsp3) is 0.471. The van der Waals surface area contributed by atoms with Crippen LogP contribution in [0.5, 0.6) is 0 Å². The first kappa shape index (κ1) is 18.0. The van der Waals surface area contributed by atoms with Crippen molar-refractivity contribution in [1.82, 2.24) is 30.4 Å². The number of rotatable bonds is 6. The van der Waals surface area contributed by atoms with Gasteiger partial charge in [0.25, 0.3) is 0 Å². The van der Waals surface area contributed by atoms with Crippen LogP contribution < -0.4 is 11.1 Å². The van der Waals surface area contributed by atoms with Gasteiger partial charge in [-0.1, -0.05) is 12.1 Å². The van der Waals surface area contributed by atoms with Crippen LogP contribution in [0.2, 0.25) is 0 Å². The summed E-state index contributed by atoms with van der Waals surface area (Å²) in [5.74, 6) is -0.128. The van der Waals surface area contributed by atoms with Crippen LogP contribution in [0.3, 0.4) is 0 Å². The van der Waals surface area contributed by atoms with E-state index in [1.54, 1.807) is 9.58 Å². The van der Waals surface area contributed by atoms with Gasteiger partial charge in [0.2, 0.25) is 11.8 Å². The molecule has 9 nitrogen and oxygen atoms in total. The highest BCUT2D eigenvalue weighted by molar-refractivity contribution is 5.82. The molecule has 1 aliphatic rings. The molecule has 3 N–H and O–H groups in total. The van der Waals surface area contributed by atoms with Crippen molar-refractivity contribution in [3.8, 4) is 5.69 Å². The Bertz CT molecular complexity index is 730. The smallest absolute Gasteiger partial charge is 0.227 e. The lowest BCUT2D eigenvalue weighted by atomic mass is 9.96. The lowest BCUT2D eigenvalue weighted by Crippen LogP contribution is -2.46. The van der Waals surface area contributed by atoms with Gasteiger partial charge in [0.15, 0.2) is 0 Å². The molecule has 0 saturated carbocycles. The van der Waals surface area contributed by atoms with Crippen molar-refractivity contribution in [2.24, 2.45) is 11.7 Å². The molecule has 1 fully saturated rings. The van der Waals surface area contributed by atoms with Gasteiger partial charge in [-0.2, -0.15) is 0 Å². The molecule has 2 amide bonds. The number of carbonyl (C=O) groups is 2. The summed E-state index contributed by atoms with van der Waals surface area (Å²) >= 11 is 0. The molecule has 1 unspecified atom stereocenters. The Balaban J connectivity index is 1.56. The molecular weight excluding hydrogens is 334 g/mol. The number of amides is 2. The van der Waals surface area contributed by atoms with Crippen LogP contribution in [0.4, 0.5) is 0 Å². The van der Waals surface area contributed by atoms with Crippen LogP contribution in [0, 0.1) is 5.92 Å². The second kappa shape index (κ2) is 8.52. The molecule has 2 heterocycles. The van der Waals surface area contributed by atoms with Gasteiger partial charge in [-0.15, -0.1) is 5.10 Å². The molecule has 3 rings (SSSR count). The number of hydrogen-bond acceptors (Lipinski definition) is 6. The number of aromatic nitrogens is 4. The van der Waals surface area contributed by atoms with Gasteiger partial charge in [-0.25, -0.2) is 4.68 Å². The van der Waals surface area contributed by atoms with E-state index < -0.39 is 0 Å². The zero-order valence-corrected chi connectivity index (χ0v) is 14.5. The number of hydrogen-bond donors (Lipinski definition) is 2. The second-order valence-electron chi connectivity index (χ2n) is 6.36. The lowest BCUT2D eigenvalue weighted by Gasteiger charge is -2.32. The number of benzene rings is 1. The zero-order valence-electron chi connectivity index (χ0n) is 14.5. The minimum Gasteiger partial charge on any atom is -0.355 e. The van der Waals surface area contributed by atoms with Gasteiger partial charge < -0.3 is 16.0 Å². The van der Waals surface area contributed by atoms with E-state index in [0.29, 0.717) is 32.6 Å². The molecular formula is C17H23N7O2. The first-order chi connectivity index (χ1) is 12.7. The van der Waals surface area contributed by atoms with E-state index in [1.807, 2.05) is 24.3 Å². The molecule has 0 radical (unpaired) electrons. The van der Waals surface area contributed by atoms with Crippen LogP contribution >= 0.6 is 0 Å². The van der Waals surface area contributed by atoms with Gasteiger partial charge in [0.05, 0.1) is 18.0 Å². The van der Waals surface area contributed by atoms with Gasteiger partial charge in [0, 0.05) is 26.2 Å². The average molecular weight is 357 g/mol. The lowest BCUT2D eigenvalue weighted by molar-refractivity contribution is -0.135. The number of nitrogens with one attached hydrogen (secondary N) is 1. The number of piperidine rings is 1. The third kappa shape index (κ3) is 4.42. The van der Waals surface area contributed by atoms with Crippen LogP contribution in [-0.4, -0.2) is 63.1 Å². The van der Waals surface area contributed by atoms with Gasteiger partial charge in [-0.05, 0) is 41.0 Å². The van der Waals surface area contributed by atoms with E-state index in [2.05, 4.69) is 20.8 Å². The summed E-state index contributed by atoms with van der Waals surface area (Å²) in [4.78, 5) is 26.5. The van der Waals surface area contributed by atoms with Gasteiger partial charge in [-0.3, -0.25) is 9.59 Å². The van der Waals surface area contributed by atoms with E-state index in [9.17, 15) is 9.59 Å². The largest absolute Gasteiger partial charge is 0.355 e. The van der Waals surface area contributed by atoms with Crippen molar-refractivity contribution in [3.63, 3.8) is 0 Å². The quantitative estimate of drug-likeness (QED) is 0.721. The van der Waals surface area contributed by atoms with Crippen LogP contribution in [0.25, 0.3) is 5.69 Å².